The monoisotopic (exact) mass is 257 g/mol. The first-order valence-corrected chi connectivity index (χ1v) is 5.90. The summed E-state index contributed by atoms with van der Waals surface area (Å²) in [4.78, 5) is 25.2. The van der Waals surface area contributed by atoms with Gasteiger partial charge in [0.05, 0.1) is 12.2 Å². The number of ketones is 1. The second-order valence-electron chi connectivity index (χ2n) is 5.05. The van der Waals surface area contributed by atoms with E-state index in [9.17, 15) is 9.59 Å². The number of esters is 1. The van der Waals surface area contributed by atoms with Crippen molar-refractivity contribution in [2.24, 2.45) is 0 Å². The van der Waals surface area contributed by atoms with Crippen LogP contribution in [0.3, 0.4) is 0 Å². The topological polar surface area (TPSA) is 55.8 Å². The Morgan fingerprint density at radius 1 is 1.22 bits per heavy atom. The Balaban J connectivity index is 4.77. The van der Waals surface area contributed by atoms with Crippen molar-refractivity contribution in [3.8, 4) is 0 Å². The quantitative estimate of drug-likeness (QED) is 0.311. The summed E-state index contributed by atoms with van der Waals surface area (Å²) in [5.41, 5.74) is -0.417. The van der Waals surface area contributed by atoms with Crippen LogP contribution in [-0.2, 0) is 19.1 Å². The maximum Gasteiger partial charge on any atom is 0.343 e. The van der Waals surface area contributed by atoms with E-state index in [4.69, 9.17) is 9.47 Å². The van der Waals surface area contributed by atoms with Crippen molar-refractivity contribution in [1.29, 1.82) is 0 Å². The Bertz CT molecular complexity index is 326. The van der Waals surface area contributed by atoms with E-state index in [1.807, 2.05) is 20.8 Å². The molecule has 0 aliphatic rings. The molecule has 0 rings (SSSR count). The van der Waals surface area contributed by atoms with Crippen molar-refractivity contribution in [3.05, 3.63) is 11.8 Å². The molecule has 5 heteroatoms. The molecular weight excluding hydrogens is 234 g/mol. The van der Waals surface area contributed by atoms with Crippen LogP contribution in [0.5, 0.6) is 0 Å². The first kappa shape index (κ1) is 16.6. The van der Waals surface area contributed by atoms with Gasteiger partial charge in [0.1, 0.15) is 12.2 Å². The Morgan fingerprint density at radius 3 is 2.17 bits per heavy atom. The summed E-state index contributed by atoms with van der Waals surface area (Å²) in [6, 6.07) is 0. The lowest BCUT2D eigenvalue weighted by atomic mass is 10.1. The Kier molecular flexibility index (Phi) is 6.62. The predicted octanol–water partition coefficient (Wildman–Crippen LogP) is 1.38. The van der Waals surface area contributed by atoms with E-state index in [0.29, 0.717) is 0 Å². The minimum absolute atomic E-state index is 0.00565. The van der Waals surface area contributed by atoms with Gasteiger partial charge in [-0.25, -0.2) is 4.79 Å². The maximum absolute atomic E-state index is 11.9. The summed E-state index contributed by atoms with van der Waals surface area (Å²) in [7, 11) is 3.47. The average molecular weight is 257 g/mol. The van der Waals surface area contributed by atoms with E-state index >= 15 is 0 Å². The third-order valence-corrected chi connectivity index (χ3v) is 1.82. The molecule has 0 amide bonds. The van der Waals surface area contributed by atoms with E-state index in [0.717, 1.165) is 0 Å². The number of hydrogen-bond donors (Lipinski definition) is 0. The molecule has 104 valence electrons. The summed E-state index contributed by atoms with van der Waals surface area (Å²) >= 11 is 0. The SMILES string of the molecule is CCOC(=O)C(=CN(C)C)C(=O)COC(C)(C)C. The Labute approximate surface area is 109 Å². The molecule has 0 aliphatic heterocycles. The van der Waals surface area contributed by atoms with E-state index in [1.165, 1.54) is 6.20 Å². The fraction of sp³-hybridized carbons (Fsp3) is 0.692. The average Bonchev–Trinajstić information content (AvgIpc) is 2.21. The Morgan fingerprint density at radius 2 is 1.78 bits per heavy atom. The molecular formula is C13H23NO4. The molecule has 0 saturated heterocycles. The third-order valence-electron chi connectivity index (χ3n) is 1.82. The van der Waals surface area contributed by atoms with Crippen molar-refractivity contribution in [2.45, 2.75) is 33.3 Å². The van der Waals surface area contributed by atoms with Crippen LogP contribution in [-0.4, -0.2) is 49.6 Å². The largest absolute Gasteiger partial charge is 0.462 e. The van der Waals surface area contributed by atoms with Gasteiger partial charge in [-0.2, -0.15) is 0 Å². The van der Waals surface area contributed by atoms with E-state index in [-0.39, 0.29) is 24.6 Å². The summed E-state index contributed by atoms with van der Waals surface area (Å²) in [5.74, 6) is -0.995. The maximum atomic E-state index is 11.9. The minimum Gasteiger partial charge on any atom is -0.462 e. The zero-order valence-corrected chi connectivity index (χ0v) is 12.1. The predicted molar refractivity (Wildman–Crippen MR) is 69.1 cm³/mol. The highest BCUT2D eigenvalue weighted by molar-refractivity contribution is 6.17. The lowest BCUT2D eigenvalue weighted by Crippen LogP contribution is -2.27. The van der Waals surface area contributed by atoms with Gasteiger partial charge in [0.25, 0.3) is 0 Å². The molecule has 0 spiro atoms. The lowest BCUT2D eigenvalue weighted by molar-refractivity contribution is -0.141. The number of carbonyl (C=O) groups is 2. The third kappa shape index (κ3) is 7.06. The van der Waals surface area contributed by atoms with Crippen LogP contribution in [0.2, 0.25) is 0 Å². The van der Waals surface area contributed by atoms with Gasteiger partial charge >= 0.3 is 5.97 Å². The fourth-order valence-corrected chi connectivity index (χ4v) is 1.07. The van der Waals surface area contributed by atoms with Crippen LogP contribution in [0.1, 0.15) is 27.7 Å². The number of carbonyl (C=O) groups excluding carboxylic acids is 2. The van der Waals surface area contributed by atoms with Crippen LogP contribution in [0, 0.1) is 0 Å². The molecule has 0 radical (unpaired) electrons. The van der Waals surface area contributed by atoms with Crippen molar-refractivity contribution in [1.82, 2.24) is 4.90 Å². The molecule has 5 nitrogen and oxygen atoms in total. The zero-order chi connectivity index (χ0) is 14.3. The van der Waals surface area contributed by atoms with Gasteiger partial charge in [-0.05, 0) is 27.7 Å². The normalized spacial score (nSPS) is 12.2. The molecule has 0 bridgehead atoms. The van der Waals surface area contributed by atoms with Crippen molar-refractivity contribution < 1.29 is 19.1 Å². The van der Waals surface area contributed by atoms with Crippen LogP contribution in [0.4, 0.5) is 0 Å². The van der Waals surface area contributed by atoms with Crippen LogP contribution < -0.4 is 0 Å². The molecule has 0 aliphatic carbocycles. The number of hydrogen-bond acceptors (Lipinski definition) is 5. The highest BCUT2D eigenvalue weighted by Crippen LogP contribution is 2.09. The molecule has 18 heavy (non-hydrogen) atoms. The molecule has 0 N–H and O–H groups in total. The van der Waals surface area contributed by atoms with Crippen LogP contribution >= 0.6 is 0 Å². The number of nitrogens with zero attached hydrogens (tertiary/aromatic N) is 1. The molecule has 0 unspecified atom stereocenters. The molecule has 0 atom stereocenters. The Hall–Kier alpha value is -1.36. The first-order valence-electron chi connectivity index (χ1n) is 5.90. The van der Waals surface area contributed by atoms with E-state index in [1.54, 1.807) is 25.9 Å². The second-order valence-corrected chi connectivity index (χ2v) is 5.05. The summed E-state index contributed by atoms with van der Waals surface area (Å²) in [5, 5.41) is 0. The zero-order valence-electron chi connectivity index (χ0n) is 12.1. The lowest BCUT2D eigenvalue weighted by Gasteiger charge is -2.19. The number of Topliss-reactive ketones (excluding diaryl/α,β-unsaturated/α-hetero) is 1. The molecule has 0 aromatic heterocycles. The highest BCUT2D eigenvalue weighted by atomic mass is 16.5. The van der Waals surface area contributed by atoms with Crippen molar-refractivity contribution >= 4 is 11.8 Å². The highest BCUT2D eigenvalue weighted by Gasteiger charge is 2.22. The molecule has 0 saturated carbocycles. The van der Waals surface area contributed by atoms with Gasteiger partial charge < -0.3 is 14.4 Å². The van der Waals surface area contributed by atoms with Gasteiger partial charge in [-0.3, -0.25) is 4.79 Å². The summed E-state index contributed by atoms with van der Waals surface area (Å²) < 4.78 is 10.2. The standard InChI is InChI=1S/C13H23NO4/c1-7-17-12(16)10(8-14(5)6)11(15)9-18-13(2,3)4/h8H,7,9H2,1-6H3. The van der Waals surface area contributed by atoms with Gasteiger partial charge in [0, 0.05) is 20.3 Å². The minimum atomic E-state index is -0.617. The van der Waals surface area contributed by atoms with Gasteiger partial charge in [-0.1, -0.05) is 0 Å². The van der Waals surface area contributed by atoms with Crippen molar-refractivity contribution in [3.63, 3.8) is 0 Å². The first-order chi connectivity index (χ1) is 8.17. The second kappa shape index (κ2) is 7.16. The van der Waals surface area contributed by atoms with E-state index in [2.05, 4.69) is 0 Å². The van der Waals surface area contributed by atoms with Gasteiger partial charge in [-0.15, -0.1) is 0 Å². The molecule has 0 aromatic carbocycles. The van der Waals surface area contributed by atoms with Gasteiger partial charge in [0.2, 0.25) is 0 Å². The van der Waals surface area contributed by atoms with E-state index < -0.39 is 11.6 Å². The van der Waals surface area contributed by atoms with Crippen LogP contribution in [0.25, 0.3) is 0 Å². The fourth-order valence-electron chi connectivity index (χ4n) is 1.07. The number of ether oxygens (including phenoxy) is 2. The number of rotatable bonds is 6. The molecule has 0 heterocycles. The summed E-state index contributed by atoms with van der Waals surface area (Å²) in [6.07, 6.45) is 1.45. The summed E-state index contributed by atoms with van der Waals surface area (Å²) in [6.45, 7) is 7.33. The van der Waals surface area contributed by atoms with Gasteiger partial charge in [0.15, 0.2) is 5.78 Å². The van der Waals surface area contributed by atoms with Crippen molar-refractivity contribution in [2.75, 3.05) is 27.3 Å². The molecule has 0 fully saturated rings. The molecule has 0 aromatic rings. The smallest absolute Gasteiger partial charge is 0.343 e. The van der Waals surface area contributed by atoms with Crippen LogP contribution in [0.15, 0.2) is 11.8 Å².